The van der Waals surface area contributed by atoms with Crippen LogP contribution in [0.25, 0.3) is 0 Å². The first kappa shape index (κ1) is 22.2. The second kappa shape index (κ2) is 10.1. The molecule has 2 aliphatic heterocycles. The Hall–Kier alpha value is -3.03. The first-order chi connectivity index (χ1) is 15.5. The zero-order valence-electron chi connectivity index (χ0n) is 18.7. The second-order valence-electron chi connectivity index (χ2n) is 8.44. The molecule has 168 valence electrons. The van der Waals surface area contributed by atoms with Crippen molar-refractivity contribution in [3.63, 3.8) is 0 Å². The predicted molar refractivity (Wildman–Crippen MR) is 125 cm³/mol. The van der Waals surface area contributed by atoms with Gasteiger partial charge in [0.15, 0.2) is 0 Å². The summed E-state index contributed by atoms with van der Waals surface area (Å²) in [5, 5.41) is 8.97. The number of rotatable bonds is 6. The molecule has 1 unspecified atom stereocenters. The van der Waals surface area contributed by atoms with E-state index in [0.29, 0.717) is 37.6 Å². The van der Waals surface area contributed by atoms with Crippen LogP contribution in [0.1, 0.15) is 35.6 Å². The lowest BCUT2D eigenvalue weighted by atomic mass is 10.0. The van der Waals surface area contributed by atoms with Crippen molar-refractivity contribution >= 4 is 23.2 Å². The number of hydrazone groups is 1. The van der Waals surface area contributed by atoms with Gasteiger partial charge < -0.3 is 10.1 Å². The molecule has 1 atom stereocenters. The maximum atomic E-state index is 13.2. The number of hydrogen-bond donors (Lipinski definition) is 1. The number of nitrogens with zero attached hydrogens (tertiary/aromatic N) is 3. The Morgan fingerprint density at radius 2 is 1.81 bits per heavy atom. The van der Waals surface area contributed by atoms with Crippen molar-refractivity contribution in [2.75, 3.05) is 37.9 Å². The van der Waals surface area contributed by atoms with E-state index in [2.05, 4.69) is 39.6 Å². The highest BCUT2D eigenvalue weighted by Gasteiger charge is 2.28. The molecule has 0 aromatic heterocycles. The van der Waals surface area contributed by atoms with Gasteiger partial charge in [-0.3, -0.25) is 14.5 Å². The minimum Gasteiger partial charge on any atom is -0.379 e. The Morgan fingerprint density at radius 1 is 1.06 bits per heavy atom. The monoisotopic (exact) mass is 434 g/mol. The minimum atomic E-state index is -0.228. The number of amides is 2. The van der Waals surface area contributed by atoms with Crippen LogP contribution in [0.15, 0.2) is 53.6 Å². The molecule has 7 heteroatoms. The number of ether oxygens (including phenoxy) is 1. The smallest absolute Gasteiger partial charge is 0.268 e. The summed E-state index contributed by atoms with van der Waals surface area (Å²) < 4.78 is 5.47. The number of carbonyl (C=O) groups is 2. The zero-order valence-corrected chi connectivity index (χ0v) is 18.7. The highest BCUT2D eigenvalue weighted by Crippen LogP contribution is 2.22. The van der Waals surface area contributed by atoms with Gasteiger partial charge in [-0.15, -0.1) is 0 Å². The molecule has 1 fully saturated rings. The molecule has 2 aromatic carbocycles. The summed E-state index contributed by atoms with van der Waals surface area (Å²) in [5.74, 6) is -0.329. The Morgan fingerprint density at radius 3 is 2.53 bits per heavy atom. The van der Waals surface area contributed by atoms with Crippen LogP contribution >= 0.6 is 0 Å². The summed E-state index contributed by atoms with van der Waals surface area (Å²) in [4.78, 5) is 28.0. The van der Waals surface area contributed by atoms with Crippen LogP contribution in [0.4, 0.5) is 5.69 Å². The molecule has 0 saturated carbocycles. The second-order valence-corrected chi connectivity index (χ2v) is 8.44. The fourth-order valence-corrected chi connectivity index (χ4v) is 3.99. The highest BCUT2D eigenvalue weighted by atomic mass is 16.5. The molecular weight excluding hydrogens is 404 g/mol. The van der Waals surface area contributed by atoms with Crippen molar-refractivity contribution in [2.24, 2.45) is 5.10 Å². The van der Waals surface area contributed by atoms with Crippen LogP contribution in [0, 0.1) is 13.8 Å². The summed E-state index contributed by atoms with van der Waals surface area (Å²) in [6.45, 7) is 7.80. The average molecular weight is 435 g/mol. The maximum Gasteiger partial charge on any atom is 0.268 e. The van der Waals surface area contributed by atoms with Gasteiger partial charge in [0.1, 0.15) is 5.71 Å². The van der Waals surface area contributed by atoms with E-state index in [1.165, 1.54) is 10.6 Å². The third-order valence-corrected chi connectivity index (χ3v) is 5.87. The maximum absolute atomic E-state index is 13.2. The Bertz CT molecular complexity index is 997. The van der Waals surface area contributed by atoms with Gasteiger partial charge in [-0.1, -0.05) is 42.0 Å². The fourth-order valence-electron chi connectivity index (χ4n) is 3.99. The van der Waals surface area contributed by atoms with Crippen molar-refractivity contribution in [3.8, 4) is 0 Å². The topological polar surface area (TPSA) is 74.2 Å². The first-order valence-corrected chi connectivity index (χ1v) is 11.1. The Kier molecular flexibility index (Phi) is 6.97. The average Bonchev–Trinajstić information content (AvgIpc) is 2.80. The lowest BCUT2D eigenvalue weighted by molar-refractivity contribution is -0.119. The van der Waals surface area contributed by atoms with Gasteiger partial charge in [-0.2, -0.15) is 5.10 Å². The number of morpholine rings is 1. The van der Waals surface area contributed by atoms with E-state index < -0.39 is 0 Å². The lowest BCUT2D eigenvalue weighted by Gasteiger charge is -2.31. The van der Waals surface area contributed by atoms with Crippen LogP contribution in [0.3, 0.4) is 0 Å². The molecule has 0 aliphatic carbocycles. The number of nitrogens with one attached hydrogen (secondary N) is 1. The van der Waals surface area contributed by atoms with Crippen molar-refractivity contribution < 1.29 is 14.3 Å². The zero-order chi connectivity index (χ0) is 22.5. The summed E-state index contributed by atoms with van der Waals surface area (Å²) >= 11 is 0. The van der Waals surface area contributed by atoms with E-state index in [1.54, 1.807) is 0 Å². The lowest BCUT2D eigenvalue weighted by Crippen LogP contribution is -2.45. The van der Waals surface area contributed by atoms with Gasteiger partial charge in [0.2, 0.25) is 5.91 Å². The standard InChI is InChI=1S/C25H30N4O3/c1-18-6-8-20(9-7-18)23(17-28-12-14-32-15-13-28)26-25(31)22-10-11-24(30)29(27-22)21-5-3-4-19(2)16-21/h3-9,16,23H,10-15,17H2,1-2H3,(H,26,31). The summed E-state index contributed by atoms with van der Waals surface area (Å²) in [6, 6.07) is 15.7. The number of carbonyl (C=O) groups excluding carboxylic acids is 2. The van der Waals surface area contributed by atoms with Crippen molar-refractivity contribution in [1.29, 1.82) is 0 Å². The molecule has 32 heavy (non-hydrogen) atoms. The third-order valence-electron chi connectivity index (χ3n) is 5.87. The number of benzene rings is 2. The van der Waals surface area contributed by atoms with E-state index in [4.69, 9.17) is 4.74 Å². The van der Waals surface area contributed by atoms with E-state index in [9.17, 15) is 9.59 Å². The Balaban J connectivity index is 1.54. The molecule has 1 saturated heterocycles. The quantitative estimate of drug-likeness (QED) is 0.759. The van der Waals surface area contributed by atoms with Crippen molar-refractivity contribution in [2.45, 2.75) is 32.7 Å². The highest BCUT2D eigenvalue weighted by molar-refractivity contribution is 6.40. The minimum absolute atomic E-state index is 0.101. The molecule has 2 aromatic rings. The molecular formula is C25H30N4O3. The van der Waals surface area contributed by atoms with Crippen LogP contribution in [0.5, 0.6) is 0 Å². The van der Waals surface area contributed by atoms with Gasteiger partial charge in [0, 0.05) is 32.5 Å². The van der Waals surface area contributed by atoms with Crippen LogP contribution in [-0.2, 0) is 14.3 Å². The number of hydrogen-bond acceptors (Lipinski definition) is 5. The fraction of sp³-hybridized carbons (Fsp3) is 0.400. The molecule has 1 N–H and O–H groups in total. The largest absolute Gasteiger partial charge is 0.379 e. The molecule has 0 radical (unpaired) electrons. The van der Waals surface area contributed by atoms with E-state index in [0.717, 1.165) is 24.2 Å². The van der Waals surface area contributed by atoms with Gasteiger partial charge >= 0.3 is 0 Å². The summed E-state index contributed by atoms with van der Waals surface area (Å²) in [5.41, 5.74) is 4.33. The molecule has 4 rings (SSSR count). The van der Waals surface area contributed by atoms with Crippen molar-refractivity contribution in [1.82, 2.24) is 10.2 Å². The molecule has 2 aliphatic rings. The summed E-state index contributed by atoms with van der Waals surface area (Å²) in [6.07, 6.45) is 0.601. The van der Waals surface area contributed by atoms with Crippen molar-refractivity contribution in [3.05, 3.63) is 65.2 Å². The van der Waals surface area contributed by atoms with Gasteiger partial charge in [0.25, 0.3) is 5.91 Å². The normalized spacial score (nSPS) is 18.2. The molecule has 0 spiro atoms. The molecule has 7 nitrogen and oxygen atoms in total. The van der Waals surface area contributed by atoms with Gasteiger partial charge in [0.05, 0.1) is 24.9 Å². The van der Waals surface area contributed by atoms with Gasteiger partial charge in [-0.25, -0.2) is 5.01 Å². The van der Waals surface area contributed by atoms with Gasteiger partial charge in [-0.05, 0) is 37.1 Å². The van der Waals surface area contributed by atoms with E-state index in [-0.39, 0.29) is 24.3 Å². The predicted octanol–water partition coefficient (Wildman–Crippen LogP) is 2.98. The third kappa shape index (κ3) is 5.41. The van der Waals surface area contributed by atoms with E-state index in [1.807, 2.05) is 38.1 Å². The Labute approximate surface area is 189 Å². The van der Waals surface area contributed by atoms with Crippen LogP contribution in [-0.4, -0.2) is 55.3 Å². The molecule has 2 heterocycles. The first-order valence-electron chi connectivity index (χ1n) is 11.1. The molecule has 2 amide bonds. The SMILES string of the molecule is Cc1ccc(C(CN2CCOCC2)NC(=O)C2=NN(c3cccc(C)c3)C(=O)CC2)cc1. The number of aryl methyl sites for hydroxylation is 2. The molecule has 0 bridgehead atoms. The van der Waals surface area contributed by atoms with Crippen LogP contribution < -0.4 is 10.3 Å². The number of anilines is 1. The van der Waals surface area contributed by atoms with Crippen LogP contribution in [0.2, 0.25) is 0 Å². The summed E-state index contributed by atoms with van der Waals surface area (Å²) in [7, 11) is 0. The van der Waals surface area contributed by atoms with E-state index >= 15 is 0 Å².